The molecule has 0 bridgehead atoms. The number of nitrogens with one attached hydrogen (secondary N) is 2. The van der Waals surface area contributed by atoms with Gasteiger partial charge in [-0.2, -0.15) is 0 Å². The molecule has 156 valence electrons. The average molecular weight is 408 g/mol. The first-order valence-corrected chi connectivity index (χ1v) is 9.64. The van der Waals surface area contributed by atoms with Crippen LogP contribution in [0.5, 0.6) is 0 Å². The van der Waals surface area contributed by atoms with Crippen molar-refractivity contribution >= 4 is 18.0 Å². The lowest BCUT2D eigenvalue weighted by molar-refractivity contribution is -0.146. The molecule has 0 saturated heterocycles. The summed E-state index contributed by atoms with van der Waals surface area (Å²) in [6.07, 6.45) is 0.361. The zero-order valence-electron chi connectivity index (χ0n) is 16.7. The van der Waals surface area contributed by atoms with Gasteiger partial charge in [0, 0.05) is 13.0 Å². The van der Waals surface area contributed by atoms with Gasteiger partial charge >= 0.3 is 12.1 Å². The average Bonchev–Trinajstić information content (AvgIpc) is 3.09. The van der Waals surface area contributed by atoms with E-state index in [9.17, 15) is 14.4 Å². The molecule has 0 fully saturated rings. The van der Waals surface area contributed by atoms with Crippen molar-refractivity contribution in [3.63, 3.8) is 0 Å². The van der Waals surface area contributed by atoms with E-state index >= 15 is 0 Å². The fourth-order valence-corrected chi connectivity index (χ4v) is 3.50. The molecule has 30 heavy (non-hydrogen) atoms. The highest BCUT2D eigenvalue weighted by Crippen LogP contribution is 2.44. The molecule has 0 saturated carbocycles. The summed E-state index contributed by atoms with van der Waals surface area (Å²) >= 11 is 0. The summed E-state index contributed by atoms with van der Waals surface area (Å²) in [4.78, 5) is 36.2. The number of amides is 2. The van der Waals surface area contributed by atoms with Crippen LogP contribution in [0.15, 0.2) is 61.2 Å². The molecule has 0 radical (unpaired) electrons. The summed E-state index contributed by atoms with van der Waals surface area (Å²) in [5, 5.41) is 4.85. The summed E-state index contributed by atoms with van der Waals surface area (Å²) in [6, 6.07) is 14.8. The van der Waals surface area contributed by atoms with Crippen LogP contribution < -0.4 is 10.6 Å². The van der Waals surface area contributed by atoms with Crippen LogP contribution in [0.25, 0.3) is 11.1 Å². The molecule has 2 aromatic rings. The molecule has 7 nitrogen and oxygen atoms in total. The highest BCUT2D eigenvalue weighted by Gasteiger charge is 2.30. The van der Waals surface area contributed by atoms with Gasteiger partial charge in [-0.05, 0) is 22.3 Å². The predicted octanol–water partition coefficient (Wildman–Crippen LogP) is 2.76. The molecule has 1 atom stereocenters. The zero-order valence-corrected chi connectivity index (χ0v) is 16.7. The van der Waals surface area contributed by atoms with E-state index in [0.717, 1.165) is 22.3 Å². The number of esters is 1. The van der Waals surface area contributed by atoms with E-state index in [1.54, 1.807) is 0 Å². The fourth-order valence-electron chi connectivity index (χ4n) is 3.50. The van der Waals surface area contributed by atoms with Gasteiger partial charge in [-0.15, -0.1) is 0 Å². The molecule has 0 aliphatic heterocycles. The molecule has 0 aromatic heterocycles. The van der Waals surface area contributed by atoms with Gasteiger partial charge in [-0.1, -0.05) is 61.2 Å². The first-order valence-electron chi connectivity index (χ1n) is 9.64. The van der Waals surface area contributed by atoms with E-state index in [0.29, 0.717) is 0 Å². The number of rotatable bonds is 8. The van der Waals surface area contributed by atoms with E-state index < -0.39 is 24.0 Å². The van der Waals surface area contributed by atoms with Gasteiger partial charge in [-0.25, -0.2) is 9.59 Å². The van der Waals surface area contributed by atoms with E-state index in [4.69, 9.17) is 9.47 Å². The first kappa shape index (κ1) is 21.1. The van der Waals surface area contributed by atoms with Gasteiger partial charge in [0.25, 0.3) is 0 Å². The van der Waals surface area contributed by atoms with Crippen LogP contribution >= 0.6 is 0 Å². The Hall–Kier alpha value is -3.61. The minimum Gasteiger partial charge on any atom is -0.460 e. The van der Waals surface area contributed by atoms with Crippen LogP contribution in [0, 0.1) is 0 Å². The van der Waals surface area contributed by atoms with Crippen molar-refractivity contribution in [3.05, 3.63) is 72.3 Å². The lowest BCUT2D eigenvalue weighted by atomic mass is 9.98. The number of ether oxygens (including phenoxy) is 2. The van der Waals surface area contributed by atoms with Crippen LogP contribution in [0.1, 0.15) is 23.5 Å². The van der Waals surface area contributed by atoms with E-state index in [-0.39, 0.29) is 25.6 Å². The minimum atomic E-state index is -1.15. The molecule has 1 unspecified atom stereocenters. The SMILES string of the molecule is C=CCOC(=O)C(CC(=O)NC)NC(=O)OCC1c2ccccc2-c2ccccc21. The zero-order chi connectivity index (χ0) is 21.5. The second-order valence-corrected chi connectivity index (χ2v) is 6.82. The number of alkyl carbamates (subject to hydrolysis) is 1. The first-order chi connectivity index (χ1) is 14.5. The number of hydrogen-bond acceptors (Lipinski definition) is 5. The summed E-state index contributed by atoms with van der Waals surface area (Å²) in [6.45, 7) is 3.56. The van der Waals surface area contributed by atoms with Crippen LogP contribution in [-0.2, 0) is 19.1 Å². The molecule has 3 rings (SSSR count). The Balaban J connectivity index is 1.67. The van der Waals surface area contributed by atoms with Crippen molar-refractivity contribution in [2.45, 2.75) is 18.4 Å². The summed E-state index contributed by atoms with van der Waals surface area (Å²) in [7, 11) is 1.45. The minimum absolute atomic E-state index is 0.0184. The van der Waals surface area contributed by atoms with E-state index in [1.807, 2.05) is 48.5 Å². The van der Waals surface area contributed by atoms with Crippen molar-refractivity contribution in [1.82, 2.24) is 10.6 Å². The Labute approximate surface area is 175 Å². The highest BCUT2D eigenvalue weighted by atomic mass is 16.6. The van der Waals surface area contributed by atoms with Crippen molar-refractivity contribution in [2.75, 3.05) is 20.3 Å². The van der Waals surface area contributed by atoms with Gasteiger partial charge in [0.1, 0.15) is 19.3 Å². The molecule has 7 heteroatoms. The summed E-state index contributed by atoms with van der Waals surface area (Å²) < 4.78 is 10.4. The Bertz CT molecular complexity index is 911. The van der Waals surface area contributed by atoms with Gasteiger partial charge in [0.05, 0.1) is 6.42 Å². The van der Waals surface area contributed by atoms with Crippen molar-refractivity contribution in [1.29, 1.82) is 0 Å². The second kappa shape index (κ2) is 9.73. The van der Waals surface area contributed by atoms with E-state index in [1.165, 1.54) is 13.1 Å². The highest BCUT2D eigenvalue weighted by molar-refractivity contribution is 5.88. The van der Waals surface area contributed by atoms with Gasteiger partial charge in [0.2, 0.25) is 5.91 Å². The van der Waals surface area contributed by atoms with E-state index in [2.05, 4.69) is 17.2 Å². The van der Waals surface area contributed by atoms with Crippen molar-refractivity contribution in [2.24, 2.45) is 0 Å². The number of benzene rings is 2. The maximum absolute atomic E-state index is 12.4. The second-order valence-electron chi connectivity index (χ2n) is 6.82. The van der Waals surface area contributed by atoms with Crippen LogP contribution in [0.4, 0.5) is 4.79 Å². The molecule has 0 spiro atoms. The third-order valence-corrected chi connectivity index (χ3v) is 4.93. The van der Waals surface area contributed by atoms with Gasteiger partial charge < -0.3 is 20.1 Å². The molecule has 0 heterocycles. The number of fused-ring (bicyclic) bond motifs is 3. The third-order valence-electron chi connectivity index (χ3n) is 4.93. The summed E-state index contributed by atoms with van der Waals surface area (Å²) in [5.41, 5.74) is 4.40. The third kappa shape index (κ3) is 4.68. The Morgan fingerprint density at radius 2 is 1.63 bits per heavy atom. The Morgan fingerprint density at radius 3 is 2.20 bits per heavy atom. The molecular formula is C23H24N2O5. The smallest absolute Gasteiger partial charge is 0.407 e. The largest absolute Gasteiger partial charge is 0.460 e. The van der Waals surface area contributed by atoms with Crippen molar-refractivity contribution < 1.29 is 23.9 Å². The lowest BCUT2D eigenvalue weighted by Crippen LogP contribution is -2.45. The van der Waals surface area contributed by atoms with Gasteiger partial charge in [-0.3, -0.25) is 4.79 Å². The maximum Gasteiger partial charge on any atom is 0.407 e. The molecule has 1 aliphatic rings. The lowest BCUT2D eigenvalue weighted by Gasteiger charge is -2.18. The number of hydrogen-bond donors (Lipinski definition) is 2. The Morgan fingerprint density at radius 1 is 1.03 bits per heavy atom. The van der Waals surface area contributed by atoms with Crippen LogP contribution in [0.3, 0.4) is 0 Å². The summed E-state index contributed by atoms with van der Waals surface area (Å²) in [5.74, 6) is -1.24. The monoisotopic (exact) mass is 408 g/mol. The maximum atomic E-state index is 12.4. The number of carbonyl (C=O) groups excluding carboxylic acids is 3. The van der Waals surface area contributed by atoms with Gasteiger partial charge in [0.15, 0.2) is 0 Å². The molecule has 2 N–H and O–H groups in total. The number of carbonyl (C=O) groups is 3. The quantitative estimate of drug-likeness (QED) is 0.518. The molecule has 1 aliphatic carbocycles. The topological polar surface area (TPSA) is 93.7 Å². The standard InChI is InChI=1S/C23H24N2O5/c1-3-12-29-22(27)20(13-21(26)24-2)25-23(28)30-14-19-17-10-6-4-8-15(17)16-9-5-7-11-18(16)19/h3-11,19-20H,1,12-14H2,2H3,(H,24,26)(H,25,28). The predicted molar refractivity (Wildman–Crippen MR) is 112 cm³/mol. The fraction of sp³-hybridized carbons (Fsp3) is 0.261. The van der Waals surface area contributed by atoms with Crippen LogP contribution in [-0.4, -0.2) is 44.3 Å². The molecule has 2 amide bonds. The normalized spacial score (nSPS) is 12.8. The molecule has 2 aromatic carbocycles. The molecular weight excluding hydrogens is 384 g/mol. The van der Waals surface area contributed by atoms with Crippen molar-refractivity contribution in [3.8, 4) is 11.1 Å². The Kier molecular flexibility index (Phi) is 6.85. The van der Waals surface area contributed by atoms with Crippen LogP contribution in [0.2, 0.25) is 0 Å².